The van der Waals surface area contributed by atoms with Crippen LogP contribution < -0.4 is 10.6 Å². The molecule has 0 aliphatic carbocycles. The molecule has 0 aliphatic rings. The molecule has 0 aliphatic heterocycles. The fourth-order valence-corrected chi connectivity index (χ4v) is 1.40. The van der Waals surface area contributed by atoms with Crippen LogP contribution in [0.1, 0.15) is 13.8 Å². The quantitative estimate of drug-likeness (QED) is 0.786. The van der Waals surface area contributed by atoms with Gasteiger partial charge in [0.15, 0.2) is 11.6 Å². The summed E-state index contributed by atoms with van der Waals surface area (Å²) in [7, 11) is 0. The molecule has 0 radical (unpaired) electrons. The van der Waals surface area contributed by atoms with Crippen LogP contribution >= 0.6 is 0 Å². The van der Waals surface area contributed by atoms with Gasteiger partial charge in [-0.05, 0) is 18.1 Å². The number of hydrogen-bond donors (Lipinski definition) is 3. The van der Waals surface area contributed by atoms with Crippen LogP contribution in [0.4, 0.5) is 19.3 Å². The lowest BCUT2D eigenvalue weighted by Crippen LogP contribution is -2.46. The molecule has 0 unspecified atom stereocenters. The molecule has 5 nitrogen and oxygen atoms in total. The summed E-state index contributed by atoms with van der Waals surface area (Å²) in [5.74, 6) is -3.61. The molecule has 0 aromatic heterocycles. The average Bonchev–Trinajstić information content (AvgIpc) is 2.30. The van der Waals surface area contributed by atoms with E-state index in [1.165, 1.54) is 6.07 Å². The Morgan fingerprint density at radius 2 is 1.84 bits per heavy atom. The molecule has 0 heterocycles. The van der Waals surface area contributed by atoms with Gasteiger partial charge in [-0.25, -0.2) is 18.4 Å². The minimum absolute atomic E-state index is 0.0318. The number of carboxylic acid groups (broad SMARTS) is 1. The van der Waals surface area contributed by atoms with E-state index >= 15 is 0 Å². The van der Waals surface area contributed by atoms with Crippen molar-refractivity contribution in [3.05, 3.63) is 29.8 Å². The van der Waals surface area contributed by atoms with Crippen LogP contribution in [0.2, 0.25) is 0 Å². The molecule has 3 N–H and O–H groups in total. The average molecular weight is 272 g/mol. The van der Waals surface area contributed by atoms with E-state index in [9.17, 15) is 18.4 Å². The molecule has 0 saturated carbocycles. The van der Waals surface area contributed by atoms with E-state index in [-0.39, 0.29) is 11.6 Å². The highest BCUT2D eigenvalue weighted by Gasteiger charge is 2.23. The van der Waals surface area contributed by atoms with Gasteiger partial charge in [-0.2, -0.15) is 0 Å². The Morgan fingerprint density at radius 3 is 2.32 bits per heavy atom. The van der Waals surface area contributed by atoms with E-state index in [4.69, 9.17) is 5.11 Å². The number of amides is 2. The Hall–Kier alpha value is -2.18. The van der Waals surface area contributed by atoms with Crippen LogP contribution in [0, 0.1) is 17.6 Å². The number of nitrogens with one attached hydrogen (secondary N) is 2. The first-order chi connectivity index (χ1) is 8.81. The highest BCUT2D eigenvalue weighted by molar-refractivity contribution is 5.92. The van der Waals surface area contributed by atoms with Gasteiger partial charge in [-0.15, -0.1) is 0 Å². The zero-order valence-corrected chi connectivity index (χ0v) is 10.4. The summed E-state index contributed by atoms with van der Waals surface area (Å²) in [6, 6.07) is 0.975. The SMILES string of the molecule is CC(C)[C@H](NC(=O)Nc1ccc(F)c(F)c1)C(=O)O. The Labute approximate surface area is 108 Å². The predicted octanol–water partition coefficient (Wildman–Crippen LogP) is 2.20. The lowest BCUT2D eigenvalue weighted by Gasteiger charge is -2.18. The van der Waals surface area contributed by atoms with Crippen molar-refractivity contribution < 1.29 is 23.5 Å². The second-order valence-electron chi connectivity index (χ2n) is 4.29. The highest BCUT2D eigenvalue weighted by Crippen LogP contribution is 2.13. The Morgan fingerprint density at radius 1 is 1.21 bits per heavy atom. The summed E-state index contributed by atoms with van der Waals surface area (Å²) in [5, 5.41) is 13.3. The first-order valence-corrected chi connectivity index (χ1v) is 5.56. The molecular formula is C12H14F2N2O3. The van der Waals surface area contributed by atoms with E-state index in [0.29, 0.717) is 0 Å². The zero-order valence-electron chi connectivity index (χ0n) is 10.4. The maximum atomic E-state index is 12.9. The largest absolute Gasteiger partial charge is 0.480 e. The Kier molecular flexibility index (Phi) is 4.80. The van der Waals surface area contributed by atoms with Crippen LogP contribution in [0.15, 0.2) is 18.2 Å². The standard InChI is InChI=1S/C12H14F2N2O3/c1-6(2)10(11(17)18)16-12(19)15-7-3-4-8(13)9(14)5-7/h3-6,10H,1-2H3,(H,17,18)(H2,15,16,19)/t10-/m0/s1. The Bertz CT molecular complexity index is 492. The van der Waals surface area contributed by atoms with Gasteiger partial charge in [0.1, 0.15) is 6.04 Å². The van der Waals surface area contributed by atoms with E-state index in [0.717, 1.165) is 12.1 Å². The second kappa shape index (κ2) is 6.12. The molecule has 0 saturated heterocycles. The van der Waals surface area contributed by atoms with Gasteiger partial charge < -0.3 is 15.7 Å². The lowest BCUT2D eigenvalue weighted by molar-refractivity contribution is -0.140. The number of carbonyl (C=O) groups is 2. The van der Waals surface area contributed by atoms with Crippen molar-refractivity contribution in [2.24, 2.45) is 5.92 Å². The molecule has 7 heteroatoms. The van der Waals surface area contributed by atoms with Gasteiger partial charge in [-0.1, -0.05) is 13.8 Å². The summed E-state index contributed by atoms with van der Waals surface area (Å²) in [4.78, 5) is 22.4. The molecule has 2 amide bonds. The first-order valence-electron chi connectivity index (χ1n) is 5.56. The molecule has 0 bridgehead atoms. The molecule has 1 rings (SSSR count). The molecule has 104 valence electrons. The summed E-state index contributed by atoms with van der Waals surface area (Å²) in [5.41, 5.74) is 0.0318. The normalized spacial score (nSPS) is 12.1. The minimum Gasteiger partial charge on any atom is -0.480 e. The predicted molar refractivity (Wildman–Crippen MR) is 64.8 cm³/mol. The summed E-state index contributed by atoms with van der Waals surface area (Å²) in [6.45, 7) is 3.27. The monoisotopic (exact) mass is 272 g/mol. The van der Waals surface area contributed by atoms with Gasteiger partial charge in [0.25, 0.3) is 0 Å². The van der Waals surface area contributed by atoms with Crippen LogP contribution in [0.25, 0.3) is 0 Å². The molecule has 1 aromatic carbocycles. The molecule has 1 atom stereocenters. The van der Waals surface area contributed by atoms with E-state index in [2.05, 4.69) is 10.6 Å². The van der Waals surface area contributed by atoms with Gasteiger partial charge >= 0.3 is 12.0 Å². The highest BCUT2D eigenvalue weighted by atomic mass is 19.2. The minimum atomic E-state index is -1.17. The number of halogens is 2. The van der Waals surface area contributed by atoms with E-state index < -0.39 is 29.7 Å². The van der Waals surface area contributed by atoms with Crippen molar-refractivity contribution in [2.45, 2.75) is 19.9 Å². The molecule has 0 spiro atoms. The number of anilines is 1. The number of carbonyl (C=O) groups excluding carboxylic acids is 1. The number of rotatable bonds is 4. The smallest absolute Gasteiger partial charge is 0.326 e. The van der Waals surface area contributed by atoms with Crippen LogP contribution in [-0.4, -0.2) is 23.1 Å². The van der Waals surface area contributed by atoms with Crippen LogP contribution in [0.3, 0.4) is 0 Å². The fraction of sp³-hybridized carbons (Fsp3) is 0.333. The topological polar surface area (TPSA) is 78.4 Å². The third-order valence-corrected chi connectivity index (χ3v) is 2.40. The van der Waals surface area contributed by atoms with Crippen molar-refractivity contribution in [3.8, 4) is 0 Å². The van der Waals surface area contributed by atoms with Crippen molar-refractivity contribution in [1.29, 1.82) is 0 Å². The van der Waals surface area contributed by atoms with Gasteiger partial charge in [0.2, 0.25) is 0 Å². The first kappa shape index (κ1) is 14.9. The van der Waals surface area contributed by atoms with E-state index in [1.54, 1.807) is 13.8 Å². The maximum Gasteiger partial charge on any atom is 0.326 e. The number of carboxylic acids is 1. The molecule has 0 fully saturated rings. The zero-order chi connectivity index (χ0) is 14.6. The van der Waals surface area contributed by atoms with E-state index in [1.807, 2.05) is 0 Å². The van der Waals surface area contributed by atoms with Gasteiger partial charge in [-0.3, -0.25) is 0 Å². The number of aliphatic carboxylic acids is 1. The number of hydrogen-bond acceptors (Lipinski definition) is 2. The maximum absolute atomic E-state index is 12.9. The third-order valence-electron chi connectivity index (χ3n) is 2.40. The van der Waals surface area contributed by atoms with Gasteiger partial charge in [0, 0.05) is 11.8 Å². The van der Waals surface area contributed by atoms with Crippen LogP contribution in [-0.2, 0) is 4.79 Å². The number of urea groups is 1. The third kappa shape index (κ3) is 4.20. The molecule has 19 heavy (non-hydrogen) atoms. The van der Waals surface area contributed by atoms with Crippen LogP contribution in [0.5, 0.6) is 0 Å². The lowest BCUT2D eigenvalue weighted by atomic mass is 10.1. The molecule has 1 aromatic rings. The summed E-state index contributed by atoms with van der Waals surface area (Å²) < 4.78 is 25.6. The van der Waals surface area contributed by atoms with Crippen molar-refractivity contribution in [1.82, 2.24) is 5.32 Å². The fourth-order valence-electron chi connectivity index (χ4n) is 1.40. The number of benzene rings is 1. The summed E-state index contributed by atoms with van der Waals surface area (Å²) >= 11 is 0. The van der Waals surface area contributed by atoms with Crippen molar-refractivity contribution >= 4 is 17.7 Å². The summed E-state index contributed by atoms with van der Waals surface area (Å²) in [6.07, 6.45) is 0. The van der Waals surface area contributed by atoms with Gasteiger partial charge in [0.05, 0.1) is 0 Å². The molecular weight excluding hydrogens is 258 g/mol. The van der Waals surface area contributed by atoms with Crippen molar-refractivity contribution in [3.63, 3.8) is 0 Å². The second-order valence-corrected chi connectivity index (χ2v) is 4.29. The van der Waals surface area contributed by atoms with Crippen molar-refractivity contribution in [2.75, 3.05) is 5.32 Å². The Balaban J connectivity index is 2.69.